The average Bonchev–Trinajstić information content (AvgIpc) is 3.29. The average molecular weight is 366 g/mol. The van der Waals surface area contributed by atoms with Gasteiger partial charge in [-0.1, -0.05) is 23.3 Å². The second kappa shape index (κ2) is 6.99. The van der Waals surface area contributed by atoms with E-state index < -0.39 is 11.7 Å². The minimum atomic E-state index is -0.487. The Morgan fingerprint density at radius 2 is 1.85 bits per heavy atom. The summed E-state index contributed by atoms with van der Waals surface area (Å²) in [5.41, 5.74) is 1.08. The molecule has 1 aliphatic heterocycles. The van der Waals surface area contributed by atoms with Crippen molar-refractivity contribution in [2.45, 2.75) is 12.3 Å². The maximum atomic E-state index is 12.9. The van der Waals surface area contributed by atoms with Gasteiger partial charge in [-0.2, -0.15) is 0 Å². The number of rotatable bonds is 4. The summed E-state index contributed by atoms with van der Waals surface area (Å²) in [6.45, 7) is 0.427. The topological polar surface area (TPSA) is 88.3 Å². The molecule has 0 saturated carbocycles. The minimum absolute atomic E-state index is 0.0266. The SMILES string of the molecule is O=C(Nc1nnc([C@H]2CC(=O)N(c3ccccc3)C2)o1)c1ccc(F)cc1. The summed E-state index contributed by atoms with van der Waals surface area (Å²) in [4.78, 5) is 26.1. The van der Waals surface area contributed by atoms with Crippen LogP contribution >= 0.6 is 0 Å². The highest BCUT2D eigenvalue weighted by Gasteiger charge is 2.35. The van der Waals surface area contributed by atoms with E-state index in [0.717, 1.165) is 5.69 Å². The van der Waals surface area contributed by atoms with Crippen molar-refractivity contribution >= 4 is 23.5 Å². The highest BCUT2D eigenvalue weighted by atomic mass is 19.1. The second-order valence-corrected chi connectivity index (χ2v) is 6.15. The lowest BCUT2D eigenvalue weighted by molar-refractivity contribution is -0.117. The zero-order valence-corrected chi connectivity index (χ0v) is 14.1. The van der Waals surface area contributed by atoms with Crippen LogP contribution in [0.5, 0.6) is 0 Å². The lowest BCUT2D eigenvalue weighted by Gasteiger charge is -2.15. The van der Waals surface area contributed by atoms with E-state index >= 15 is 0 Å². The van der Waals surface area contributed by atoms with Crippen LogP contribution in [0.25, 0.3) is 0 Å². The standard InChI is InChI=1S/C19H15FN4O3/c20-14-8-6-12(7-9-14)17(26)21-19-23-22-18(27-19)13-10-16(25)24(11-13)15-4-2-1-3-5-15/h1-9,13H,10-11H2,(H,21,23,26)/t13-/m0/s1. The summed E-state index contributed by atoms with van der Waals surface area (Å²) < 4.78 is 18.4. The van der Waals surface area contributed by atoms with Gasteiger partial charge in [0.1, 0.15) is 5.82 Å². The van der Waals surface area contributed by atoms with Crippen LogP contribution in [0, 0.1) is 5.82 Å². The first-order valence-corrected chi connectivity index (χ1v) is 8.36. The molecule has 0 unspecified atom stereocenters. The van der Waals surface area contributed by atoms with Crippen molar-refractivity contribution in [2.24, 2.45) is 0 Å². The molecule has 136 valence electrons. The molecule has 1 fully saturated rings. The zero-order chi connectivity index (χ0) is 18.8. The number of carbonyl (C=O) groups is 2. The van der Waals surface area contributed by atoms with Crippen LogP contribution in [0.4, 0.5) is 16.1 Å². The molecule has 3 aromatic rings. The maximum absolute atomic E-state index is 12.9. The number of benzene rings is 2. The Hall–Kier alpha value is -3.55. The summed E-state index contributed by atoms with van der Waals surface area (Å²) in [6, 6.07) is 14.4. The van der Waals surface area contributed by atoms with Crippen LogP contribution in [-0.2, 0) is 4.79 Å². The van der Waals surface area contributed by atoms with Crippen LogP contribution in [0.2, 0.25) is 0 Å². The molecule has 1 atom stereocenters. The Kier molecular flexibility index (Phi) is 4.37. The molecule has 27 heavy (non-hydrogen) atoms. The normalized spacial score (nSPS) is 16.6. The molecule has 1 aromatic heterocycles. The molecule has 7 nitrogen and oxygen atoms in total. The monoisotopic (exact) mass is 366 g/mol. The number of aromatic nitrogens is 2. The van der Waals surface area contributed by atoms with Crippen molar-refractivity contribution in [3.63, 3.8) is 0 Å². The summed E-state index contributed by atoms with van der Waals surface area (Å²) in [5.74, 6) is -0.904. The molecule has 8 heteroatoms. The first-order chi connectivity index (χ1) is 13.1. The van der Waals surface area contributed by atoms with Crippen molar-refractivity contribution in [2.75, 3.05) is 16.8 Å². The lowest BCUT2D eigenvalue weighted by Crippen LogP contribution is -2.24. The van der Waals surface area contributed by atoms with Gasteiger partial charge in [-0.05, 0) is 36.4 Å². The fourth-order valence-corrected chi connectivity index (χ4v) is 2.95. The highest BCUT2D eigenvalue weighted by molar-refractivity contribution is 6.03. The van der Waals surface area contributed by atoms with Crippen molar-refractivity contribution in [1.82, 2.24) is 10.2 Å². The Labute approximate surface area is 153 Å². The number of nitrogens with one attached hydrogen (secondary N) is 1. The number of carbonyl (C=O) groups excluding carboxylic acids is 2. The van der Waals surface area contributed by atoms with Gasteiger partial charge in [0, 0.05) is 24.2 Å². The van der Waals surface area contributed by atoms with E-state index in [4.69, 9.17) is 4.42 Å². The summed E-state index contributed by atoms with van der Waals surface area (Å²) in [6.07, 6.45) is 0.252. The molecule has 2 aromatic carbocycles. The largest absolute Gasteiger partial charge is 0.407 e. The van der Waals surface area contributed by atoms with Gasteiger partial charge in [-0.15, -0.1) is 5.10 Å². The van der Waals surface area contributed by atoms with Crippen LogP contribution in [0.3, 0.4) is 0 Å². The lowest BCUT2D eigenvalue weighted by atomic mass is 10.1. The molecule has 2 amide bonds. The molecule has 2 heterocycles. The number of nitrogens with zero attached hydrogens (tertiary/aromatic N) is 3. The first kappa shape index (κ1) is 16.9. The van der Waals surface area contributed by atoms with Crippen LogP contribution in [0.1, 0.15) is 28.6 Å². The Morgan fingerprint density at radius 3 is 2.59 bits per heavy atom. The predicted octanol–water partition coefficient (Wildman–Crippen LogP) is 2.98. The van der Waals surface area contributed by atoms with E-state index in [1.54, 1.807) is 4.90 Å². The maximum Gasteiger partial charge on any atom is 0.322 e. The van der Waals surface area contributed by atoms with Gasteiger partial charge in [-0.3, -0.25) is 14.9 Å². The predicted molar refractivity (Wildman–Crippen MR) is 94.8 cm³/mol. The second-order valence-electron chi connectivity index (χ2n) is 6.15. The van der Waals surface area contributed by atoms with Crippen LogP contribution < -0.4 is 10.2 Å². The molecule has 4 rings (SSSR count). The van der Waals surface area contributed by atoms with Crippen LogP contribution in [0.15, 0.2) is 59.0 Å². The minimum Gasteiger partial charge on any atom is -0.407 e. The number of halogens is 1. The molecule has 0 bridgehead atoms. The highest BCUT2D eigenvalue weighted by Crippen LogP contribution is 2.31. The summed E-state index contributed by atoms with van der Waals surface area (Å²) >= 11 is 0. The molecule has 0 radical (unpaired) electrons. The van der Waals surface area contributed by atoms with E-state index in [9.17, 15) is 14.0 Å². The number of para-hydroxylation sites is 1. The molecule has 1 aliphatic rings. The van der Waals surface area contributed by atoms with Crippen molar-refractivity contribution in [1.29, 1.82) is 0 Å². The van der Waals surface area contributed by atoms with Gasteiger partial charge in [0.2, 0.25) is 11.8 Å². The summed E-state index contributed by atoms with van der Waals surface area (Å²) in [7, 11) is 0. The number of hydrogen-bond donors (Lipinski definition) is 1. The molecular formula is C19H15FN4O3. The Bertz CT molecular complexity index is 972. The third kappa shape index (κ3) is 3.55. The van der Waals surface area contributed by atoms with Crippen LogP contribution in [-0.4, -0.2) is 28.6 Å². The van der Waals surface area contributed by atoms with Gasteiger partial charge in [0.05, 0.1) is 5.92 Å². The van der Waals surface area contributed by atoms with E-state index in [1.807, 2.05) is 30.3 Å². The fraction of sp³-hybridized carbons (Fsp3) is 0.158. The van der Waals surface area contributed by atoms with Gasteiger partial charge < -0.3 is 9.32 Å². The molecular weight excluding hydrogens is 351 g/mol. The smallest absolute Gasteiger partial charge is 0.322 e. The van der Waals surface area contributed by atoms with Gasteiger partial charge >= 0.3 is 6.01 Å². The first-order valence-electron chi connectivity index (χ1n) is 8.36. The van der Waals surface area contributed by atoms with Gasteiger partial charge in [0.25, 0.3) is 5.91 Å². The number of anilines is 2. The van der Waals surface area contributed by atoms with E-state index in [0.29, 0.717) is 6.54 Å². The van der Waals surface area contributed by atoms with E-state index in [1.165, 1.54) is 24.3 Å². The summed E-state index contributed by atoms with van der Waals surface area (Å²) in [5, 5.41) is 10.2. The molecule has 0 aliphatic carbocycles. The molecule has 1 saturated heterocycles. The molecule has 1 N–H and O–H groups in total. The third-order valence-corrected chi connectivity index (χ3v) is 4.31. The Morgan fingerprint density at radius 1 is 1.11 bits per heavy atom. The third-order valence-electron chi connectivity index (χ3n) is 4.31. The fourth-order valence-electron chi connectivity index (χ4n) is 2.95. The van der Waals surface area contributed by atoms with Gasteiger partial charge in [0.15, 0.2) is 0 Å². The quantitative estimate of drug-likeness (QED) is 0.767. The van der Waals surface area contributed by atoms with Crippen molar-refractivity contribution < 1.29 is 18.4 Å². The number of amides is 2. The number of hydrogen-bond acceptors (Lipinski definition) is 5. The van der Waals surface area contributed by atoms with Crippen molar-refractivity contribution in [3.05, 3.63) is 71.9 Å². The van der Waals surface area contributed by atoms with E-state index in [2.05, 4.69) is 15.5 Å². The molecule has 0 spiro atoms. The van der Waals surface area contributed by atoms with Crippen molar-refractivity contribution in [3.8, 4) is 0 Å². The zero-order valence-electron chi connectivity index (χ0n) is 14.1. The van der Waals surface area contributed by atoms with E-state index in [-0.39, 0.29) is 35.7 Å². The Balaban J connectivity index is 1.44. The van der Waals surface area contributed by atoms with Gasteiger partial charge in [-0.25, -0.2) is 4.39 Å².